The highest BCUT2D eigenvalue weighted by Crippen LogP contribution is 2.30. The van der Waals surface area contributed by atoms with Crippen LogP contribution in [-0.4, -0.2) is 14.8 Å². The summed E-state index contributed by atoms with van der Waals surface area (Å²) in [6.07, 6.45) is 0. The van der Waals surface area contributed by atoms with Crippen LogP contribution >= 0.6 is 27.5 Å². The van der Waals surface area contributed by atoms with E-state index in [0.29, 0.717) is 4.73 Å². The molecule has 5 heteroatoms. The first-order valence-electron chi connectivity index (χ1n) is 6.09. The lowest BCUT2D eigenvalue weighted by molar-refractivity contribution is 0.959. The molecule has 0 aliphatic rings. The first-order chi connectivity index (χ1) is 9.66. The molecule has 0 spiro atoms. The van der Waals surface area contributed by atoms with Crippen LogP contribution in [0.4, 0.5) is 0 Å². The van der Waals surface area contributed by atoms with Gasteiger partial charge >= 0.3 is 0 Å². The van der Waals surface area contributed by atoms with E-state index in [1.807, 2.05) is 54.0 Å². The molecule has 1 aromatic heterocycles. The van der Waals surface area contributed by atoms with Crippen molar-refractivity contribution in [2.24, 2.45) is 0 Å². The van der Waals surface area contributed by atoms with Gasteiger partial charge in [-0.25, -0.2) is 0 Å². The van der Waals surface area contributed by atoms with E-state index in [0.717, 1.165) is 27.7 Å². The molecule has 0 amide bonds. The molecule has 0 atom stereocenters. The SMILES string of the molecule is Cc1nnc(Br)n1-c1ccccc1-c1ccc(Cl)cc1. The van der Waals surface area contributed by atoms with Crippen molar-refractivity contribution in [3.63, 3.8) is 0 Å². The normalized spacial score (nSPS) is 10.8. The fraction of sp³-hybridized carbons (Fsp3) is 0.0667. The van der Waals surface area contributed by atoms with Crippen LogP contribution in [0.2, 0.25) is 5.02 Å². The summed E-state index contributed by atoms with van der Waals surface area (Å²) in [7, 11) is 0. The molecule has 0 saturated carbocycles. The number of hydrogen-bond acceptors (Lipinski definition) is 2. The third-order valence-electron chi connectivity index (χ3n) is 3.09. The average molecular weight is 349 g/mol. The molecular formula is C15H11BrClN3. The molecule has 3 rings (SSSR count). The number of rotatable bonds is 2. The molecule has 0 aliphatic carbocycles. The summed E-state index contributed by atoms with van der Waals surface area (Å²) < 4.78 is 2.67. The molecule has 0 N–H and O–H groups in total. The van der Waals surface area contributed by atoms with E-state index in [1.165, 1.54) is 0 Å². The fourth-order valence-electron chi connectivity index (χ4n) is 2.15. The molecular weight excluding hydrogens is 338 g/mol. The molecule has 0 aliphatic heterocycles. The van der Waals surface area contributed by atoms with Crippen molar-refractivity contribution in [1.29, 1.82) is 0 Å². The standard InChI is InChI=1S/C15H11BrClN3/c1-10-18-19-15(16)20(10)14-5-3-2-4-13(14)11-6-8-12(17)9-7-11/h2-9H,1H3. The zero-order chi connectivity index (χ0) is 14.1. The summed E-state index contributed by atoms with van der Waals surface area (Å²) in [6.45, 7) is 1.93. The number of hydrogen-bond donors (Lipinski definition) is 0. The maximum Gasteiger partial charge on any atom is 0.204 e. The van der Waals surface area contributed by atoms with E-state index in [1.54, 1.807) is 0 Å². The van der Waals surface area contributed by atoms with Gasteiger partial charge in [-0.1, -0.05) is 41.9 Å². The molecule has 0 saturated heterocycles. The maximum absolute atomic E-state index is 5.96. The second-order valence-corrected chi connectivity index (χ2v) is 5.52. The van der Waals surface area contributed by atoms with Gasteiger partial charge < -0.3 is 0 Å². The van der Waals surface area contributed by atoms with Gasteiger partial charge in [0.05, 0.1) is 5.69 Å². The average Bonchev–Trinajstić information content (AvgIpc) is 2.79. The van der Waals surface area contributed by atoms with Crippen LogP contribution in [0.5, 0.6) is 0 Å². The Kier molecular flexibility index (Phi) is 3.59. The van der Waals surface area contributed by atoms with Gasteiger partial charge in [0.2, 0.25) is 4.73 Å². The van der Waals surface area contributed by atoms with E-state index >= 15 is 0 Å². The molecule has 3 nitrogen and oxygen atoms in total. The zero-order valence-electron chi connectivity index (χ0n) is 10.7. The van der Waals surface area contributed by atoms with Gasteiger partial charge in [0, 0.05) is 10.6 Å². The third kappa shape index (κ3) is 2.37. The second-order valence-electron chi connectivity index (χ2n) is 4.38. The van der Waals surface area contributed by atoms with Gasteiger partial charge in [-0.05, 0) is 46.6 Å². The fourth-order valence-corrected chi connectivity index (χ4v) is 2.81. The molecule has 20 heavy (non-hydrogen) atoms. The van der Waals surface area contributed by atoms with E-state index in [2.05, 4.69) is 32.2 Å². The topological polar surface area (TPSA) is 30.7 Å². The minimum Gasteiger partial charge on any atom is -0.273 e. The van der Waals surface area contributed by atoms with Crippen LogP contribution in [0.25, 0.3) is 16.8 Å². The van der Waals surface area contributed by atoms with Crippen molar-refractivity contribution >= 4 is 27.5 Å². The lowest BCUT2D eigenvalue weighted by atomic mass is 10.0. The maximum atomic E-state index is 5.96. The van der Waals surface area contributed by atoms with Crippen LogP contribution < -0.4 is 0 Å². The van der Waals surface area contributed by atoms with Gasteiger partial charge in [0.15, 0.2) is 0 Å². The Balaban J connectivity index is 2.21. The summed E-state index contributed by atoms with van der Waals surface area (Å²) in [4.78, 5) is 0. The Morgan fingerprint density at radius 3 is 2.35 bits per heavy atom. The van der Waals surface area contributed by atoms with Gasteiger partial charge in [-0.15, -0.1) is 10.2 Å². The zero-order valence-corrected chi connectivity index (χ0v) is 13.1. The van der Waals surface area contributed by atoms with Gasteiger partial charge in [0.25, 0.3) is 0 Å². The minimum atomic E-state index is 0.691. The molecule has 3 aromatic rings. The minimum absolute atomic E-state index is 0.691. The first kappa shape index (κ1) is 13.3. The summed E-state index contributed by atoms with van der Waals surface area (Å²) in [5, 5.41) is 8.87. The summed E-state index contributed by atoms with van der Waals surface area (Å²) in [5.41, 5.74) is 3.24. The predicted molar refractivity (Wildman–Crippen MR) is 84.2 cm³/mol. The highest BCUT2D eigenvalue weighted by molar-refractivity contribution is 9.10. The van der Waals surface area contributed by atoms with Crippen LogP contribution in [0.15, 0.2) is 53.3 Å². The first-order valence-corrected chi connectivity index (χ1v) is 7.27. The van der Waals surface area contributed by atoms with Crippen LogP contribution in [-0.2, 0) is 0 Å². The lowest BCUT2D eigenvalue weighted by Crippen LogP contribution is -1.99. The van der Waals surface area contributed by atoms with E-state index in [4.69, 9.17) is 11.6 Å². The number of benzene rings is 2. The molecule has 2 aromatic carbocycles. The highest BCUT2D eigenvalue weighted by atomic mass is 79.9. The molecule has 0 unspecified atom stereocenters. The molecule has 100 valence electrons. The summed E-state index contributed by atoms with van der Waals surface area (Å²) >= 11 is 9.40. The Bertz CT molecular complexity index is 731. The van der Waals surface area contributed by atoms with E-state index in [9.17, 15) is 0 Å². The van der Waals surface area contributed by atoms with Gasteiger partial charge in [-0.3, -0.25) is 4.57 Å². The largest absolute Gasteiger partial charge is 0.273 e. The third-order valence-corrected chi connectivity index (χ3v) is 3.85. The van der Waals surface area contributed by atoms with Crippen molar-refractivity contribution in [2.75, 3.05) is 0 Å². The van der Waals surface area contributed by atoms with Gasteiger partial charge in [-0.2, -0.15) is 0 Å². The van der Waals surface area contributed by atoms with Crippen molar-refractivity contribution in [3.05, 3.63) is 64.1 Å². The Labute approximate surface area is 130 Å². The molecule has 1 heterocycles. The Hall–Kier alpha value is -1.65. The van der Waals surface area contributed by atoms with Crippen LogP contribution in [0.3, 0.4) is 0 Å². The number of para-hydroxylation sites is 1. The molecule has 0 radical (unpaired) electrons. The molecule has 0 fully saturated rings. The monoisotopic (exact) mass is 347 g/mol. The van der Waals surface area contributed by atoms with Crippen molar-refractivity contribution in [3.8, 4) is 16.8 Å². The highest BCUT2D eigenvalue weighted by Gasteiger charge is 2.12. The number of aromatic nitrogens is 3. The number of aryl methyl sites for hydroxylation is 1. The summed E-state index contributed by atoms with van der Waals surface area (Å²) in [5.74, 6) is 0.832. The lowest BCUT2D eigenvalue weighted by Gasteiger charge is -2.12. The van der Waals surface area contributed by atoms with Gasteiger partial charge in [0.1, 0.15) is 5.82 Å². The van der Waals surface area contributed by atoms with E-state index in [-0.39, 0.29) is 0 Å². The molecule has 0 bridgehead atoms. The Morgan fingerprint density at radius 2 is 1.70 bits per heavy atom. The number of halogens is 2. The Morgan fingerprint density at radius 1 is 1.00 bits per heavy atom. The van der Waals surface area contributed by atoms with Crippen molar-refractivity contribution < 1.29 is 0 Å². The predicted octanol–water partition coefficient (Wildman–Crippen LogP) is 4.66. The number of nitrogens with zero attached hydrogens (tertiary/aromatic N) is 3. The van der Waals surface area contributed by atoms with Crippen LogP contribution in [0.1, 0.15) is 5.82 Å². The van der Waals surface area contributed by atoms with Crippen molar-refractivity contribution in [1.82, 2.24) is 14.8 Å². The van der Waals surface area contributed by atoms with E-state index < -0.39 is 0 Å². The smallest absolute Gasteiger partial charge is 0.204 e. The van der Waals surface area contributed by atoms with Crippen LogP contribution in [0, 0.1) is 6.92 Å². The quantitative estimate of drug-likeness (QED) is 0.674. The second kappa shape index (κ2) is 5.38. The van der Waals surface area contributed by atoms with Crippen molar-refractivity contribution in [2.45, 2.75) is 6.92 Å². The summed E-state index contributed by atoms with van der Waals surface area (Å²) in [6, 6.07) is 15.9.